The number of carbonyl (C=O) groups is 2. The minimum atomic E-state index is -0.845. The summed E-state index contributed by atoms with van der Waals surface area (Å²) in [5.41, 5.74) is 0. The number of hydrogen-bond donors (Lipinski definition) is 1. The zero-order chi connectivity index (χ0) is 17.9. The Hall–Kier alpha value is -1.06. The quantitative estimate of drug-likeness (QED) is 0.250. The van der Waals surface area contributed by atoms with Crippen molar-refractivity contribution in [2.45, 2.75) is 110 Å². The smallest absolute Gasteiger partial charge is 0.305 e. The third-order valence-corrected chi connectivity index (χ3v) is 4.28. The first kappa shape index (κ1) is 22.9. The highest BCUT2D eigenvalue weighted by Crippen LogP contribution is 2.13. The summed E-state index contributed by atoms with van der Waals surface area (Å²) in [7, 11) is 0. The summed E-state index contributed by atoms with van der Waals surface area (Å²) in [6, 6.07) is 0. The molecular weight excluding hydrogens is 304 g/mol. The standard InChI is InChI=1S/C20H38O4/c1-2-3-4-5-6-7-8-9-10-11-12-13-14-17-20(23)24-18-15-16-19(21)22/h2-18H2,1H3,(H,21,22). The van der Waals surface area contributed by atoms with Gasteiger partial charge in [0.25, 0.3) is 0 Å². The number of rotatable bonds is 18. The second kappa shape index (κ2) is 18.3. The molecule has 24 heavy (non-hydrogen) atoms. The summed E-state index contributed by atoms with van der Waals surface area (Å²) >= 11 is 0. The van der Waals surface area contributed by atoms with E-state index < -0.39 is 5.97 Å². The van der Waals surface area contributed by atoms with Gasteiger partial charge in [-0.2, -0.15) is 0 Å². The van der Waals surface area contributed by atoms with Crippen LogP contribution < -0.4 is 0 Å². The maximum Gasteiger partial charge on any atom is 0.305 e. The van der Waals surface area contributed by atoms with Crippen LogP contribution in [0, 0.1) is 0 Å². The molecule has 0 saturated carbocycles. The van der Waals surface area contributed by atoms with Crippen molar-refractivity contribution < 1.29 is 19.4 Å². The molecule has 0 spiro atoms. The monoisotopic (exact) mass is 342 g/mol. The molecular formula is C20H38O4. The highest BCUT2D eigenvalue weighted by molar-refractivity contribution is 5.69. The first-order valence-corrected chi connectivity index (χ1v) is 10.0. The van der Waals surface area contributed by atoms with E-state index >= 15 is 0 Å². The lowest BCUT2D eigenvalue weighted by Gasteiger charge is -2.04. The molecule has 0 aromatic heterocycles. The largest absolute Gasteiger partial charge is 0.481 e. The fourth-order valence-electron chi connectivity index (χ4n) is 2.77. The van der Waals surface area contributed by atoms with Gasteiger partial charge in [0, 0.05) is 12.8 Å². The SMILES string of the molecule is CCCCCCCCCCCCCCCC(=O)OCCCC(=O)O. The molecule has 0 fully saturated rings. The van der Waals surface area contributed by atoms with Crippen molar-refractivity contribution in [3.8, 4) is 0 Å². The Balaban J connectivity index is 3.14. The van der Waals surface area contributed by atoms with E-state index in [2.05, 4.69) is 6.92 Å². The number of carbonyl (C=O) groups excluding carboxylic acids is 1. The maximum atomic E-state index is 11.4. The minimum absolute atomic E-state index is 0.0615. The van der Waals surface area contributed by atoms with Crippen LogP contribution in [0.5, 0.6) is 0 Å². The first-order chi connectivity index (χ1) is 11.7. The summed E-state index contributed by atoms with van der Waals surface area (Å²) in [5.74, 6) is -1.04. The number of hydrogen-bond acceptors (Lipinski definition) is 3. The van der Waals surface area contributed by atoms with Crippen LogP contribution in [0.2, 0.25) is 0 Å². The van der Waals surface area contributed by atoms with Gasteiger partial charge in [0.2, 0.25) is 0 Å². The van der Waals surface area contributed by atoms with E-state index in [1.54, 1.807) is 0 Å². The lowest BCUT2D eigenvalue weighted by Crippen LogP contribution is -2.07. The lowest BCUT2D eigenvalue weighted by atomic mass is 10.0. The van der Waals surface area contributed by atoms with Crippen molar-refractivity contribution in [2.75, 3.05) is 6.61 Å². The van der Waals surface area contributed by atoms with Crippen molar-refractivity contribution in [3.05, 3.63) is 0 Å². The number of ether oxygens (including phenoxy) is 1. The van der Waals surface area contributed by atoms with Gasteiger partial charge in [-0.1, -0.05) is 84.0 Å². The van der Waals surface area contributed by atoms with E-state index in [0.29, 0.717) is 12.8 Å². The van der Waals surface area contributed by atoms with Crippen molar-refractivity contribution in [1.82, 2.24) is 0 Å². The van der Waals surface area contributed by atoms with Gasteiger partial charge >= 0.3 is 11.9 Å². The Labute approximate surface area is 148 Å². The van der Waals surface area contributed by atoms with Crippen molar-refractivity contribution in [3.63, 3.8) is 0 Å². The zero-order valence-corrected chi connectivity index (χ0v) is 15.7. The summed E-state index contributed by atoms with van der Waals surface area (Å²) < 4.78 is 5.00. The Morgan fingerprint density at radius 1 is 0.667 bits per heavy atom. The molecule has 0 aliphatic heterocycles. The van der Waals surface area contributed by atoms with Crippen LogP contribution in [0.1, 0.15) is 110 Å². The van der Waals surface area contributed by atoms with Gasteiger partial charge in [-0.3, -0.25) is 9.59 Å². The molecule has 1 N–H and O–H groups in total. The molecule has 0 aromatic carbocycles. The van der Waals surface area contributed by atoms with Crippen molar-refractivity contribution in [2.24, 2.45) is 0 Å². The van der Waals surface area contributed by atoms with Crippen LogP contribution in [0.3, 0.4) is 0 Å². The Morgan fingerprint density at radius 3 is 1.58 bits per heavy atom. The molecule has 4 heteroatoms. The highest BCUT2D eigenvalue weighted by atomic mass is 16.5. The first-order valence-electron chi connectivity index (χ1n) is 10.0. The van der Waals surface area contributed by atoms with E-state index in [1.807, 2.05) is 0 Å². The topological polar surface area (TPSA) is 63.6 Å². The van der Waals surface area contributed by atoms with Crippen LogP contribution in [0.25, 0.3) is 0 Å². The molecule has 0 saturated heterocycles. The Kier molecular flexibility index (Phi) is 17.5. The number of esters is 1. The fourth-order valence-corrected chi connectivity index (χ4v) is 2.77. The van der Waals surface area contributed by atoms with Crippen LogP contribution in [-0.4, -0.2) is 23.7 Å². The summed E-state index contributed by atoms with van der Waals surface area (Å²) in [4.78, 5) is 21.7. The lowest BCUT2D eigenvalue weighted by molar-refractivity contribution is -0.145. The minimum Gasteiger partial charge on any atom is -0.481 e. The Morgan fingerprint density at radius 2 is 1.12 bits per heavy atom. The van der Waals surface area contributed by atoms with Crippen LogP contribution in [-0.2, 0) is 14.3 Å². The van der Waals surface area contributed by atoms with Crippen LogP contribution in [0.15, 0.2) is 0 Å². The predicted octanol–water partition coefficient (Wildman–Crippen LogP) is 5.88. The number of aliphatic carboxylic acids is 1. The van der Waals surface area contributed by atoms with Gasteiger partial charge in [0.1, 0.15) is 0 Å². The summed E-state index contributed by atoms with van der Waals surface area (Å²) in [5, 5.41) is 8.47. The fraction of sp³-hybridized carbons (Fsp3) is 0.900. The molecule has 0 amide bonds. The van der Waals surface area contributed by atoms with E-state index in [1.165, 1.54) is 70.6 Å². The maximum absolute atomic E-state index is 11.4. The van der Waals surface area contributed by atoms with Gasteiger partial charge in [-0.15, -0.1) is 0 Å². The number of unbranched alkanes of at least 4 members (excludes halogenated alkanes) is 12. The number of carboxylic acid groups (broad SMARTS) is 1. The molecule has 0 heterocycles. The molecule has 142 valence electrons. The van der Waals surface area contributed by atoms with Crippen molar-refractivity contribution >= 4 is 11.9 Å². The van der Waals surface area contributed by atoms with Gasteiger partial charge in [-0.05, 0) is 12.8 Å². The zero-order valence-electron chi connectivity index (χ0n) is 15.7. The van der Waals surface area contributed by atoms with Crippen LogP contribution >= 0.6 is 0 Å². The average Bonchev–Trinajstić information content (AvgIpc) is 2.55. The summed E-state index contributed by atoms with van der Waals surface area (Å²) in [6.07, 6.45) is 17.7. The number of carboxylic acids is 1. The third kappa shape index (κ3) is 19.0. The van der Waals surface area contributed by atoms with E-state index in [4.69, 9.17) is 9.84 Å². The second-order valence-electron chi connectivity index (χ2n) is 6.71. The molecule has 0 rings (SSSR count). The molecule has 0 radical (unpaired) electrons. The highest BCUT2D eigenvalue weighted by Gasteiger charge is 2.03. The predicted molar refractivity (Wildman–Crippen MR) is 98.1 cm³/mol. The molecule has 4 nitrogen and oxygen atoms in total. The van der Waals surface area contributed by atoms with Gasteiger partial charge in [0.15, 0.2) is 0 Å². The van der Waals surface area contributed by atoms with Gasteiger partial charge < -0.3 is 9.84 Å². The molecule has 0 unspecified atom stereocenters. The molecule has 0 atom stereocenters. The Bertz CT molecular complexity index is 302. The van der Waals surface area contributed by atoms with E-state index in [0.717, 1.165) is 12.8 Å². The second-order valence-corrected chi connectivity index (χ2v) is 6.71. The normalized spacial score (nSPS) is 10.7. The molecule has 0 aromatic rings. The van der Waals surface area contributed by atoms with E-state index in [9.17, 15) is 9.59 Å². The summed E-state index contributed by atoms with van der Waals surface area (Å²) in [6.45, 7) is 2.48. The third-order valence-electron chi connectivity index (χ3n) is 4.28. The van der Waals surface area contributed by atoms with E-state index in [-0.39, 0.29) is 19.0 Å². The van der Waals surface area contributed by atoms with Crippen molar-refractivity contribution in [1.29, 1.82) is 0 Å². The molecule has 0 bridgehead atoms. The molecule has 0 aliphatic carbocycles. The average molecular weight is 343 g/mol. The molecule has 0 aliphatic rings. The van der Waals surface area contributed by atoms with Gasteiger partial charge in [-0.25, -0.2) is 0 Å². The van der Waals surface area contributed by atoms with Crippen LogP contribution in [0.4, 0.5) is 0 Å². The van der Waals surface area contributed by atoms with Gasteiger partial charge in [0.05, 0.1) is 6.61 Å².